The molecule has 0 amide bonds. The Balaban J connectivity index is 1.79. The Morgan fingerprint density at radius 3 is 2.91 bits per heavy atom. The molecule has 0 spiro atoms. The number of aromatic nitrogens is 2. The number of hydrogen-bond acceptors (Lipinski definition) is 7. The smallest absolute Gasteiger partial charge is 0.252 e. The van der Waals surface area contributed by atoms with E-state index in [0.29, 0.717) is 44.4 Å². The summed E-state index contributed by atoms with van der Waals surface area (Å²) in [7, 11) is -1.65. The van der Waals surface area contributed by atoms with E-state index in [4.69, 9.17) is 14.0 Å². The molecular weight excluding hydrogens is 322 g/mol. The summed E-state index contributed by atoms with van der Waals surface area (Å²) in [6.07, 6.45) is 2.13. The van der Waals surface area contributed by atoms with E-state index in [9.17, 15) is 8.42 Å². The van der Waals surface area contributed by atoms with Gasteiger partial charge in [-0.3, -0.25) is 0 Å². The van der Waals surface area contributed by atoms with E-state index in [1.807, 2.05) is 0 Å². The number of sulfonamides is 1. The third-order valence-corrected chi connectivity index (χ3v) is 6.00. The van der Waals surface area contributed by atoms with Crippen LogP contribution in [-0.4, -0.2) is 61.0 Å². The molecule has 1 aromatic rings. The molecular formula is C14H25N3O5S. The number of methoxy groups -OCH3 is 1. The summed E-state index contributed by atoms with van der Waals surface area (Å²) in [5.74, 6) is 1.01. The highest BCUT2D eigenvalue weighted by Gasteiger charge is 2.31. The molecule has 1 atom stereocenters. The van der Waals surface area contributed by atoms with E-state index in [2.05, 4.69) is 10.1 Å². The van der Waals surface area contributed by atoms with Gasteiger partial charge in [0, 0.05) is 26.6 Å². The van der Waals surface area contributed by atoms with Gasteiger partial charge in [-0.15, -0.1) is 0 Å². The molecule has 0 aliphatic carbocycles. The van der Waals surface area contributed by atoms with E-state index in [-0.39, 0.29) is 6.10 Å². The van der Waals surface area contributed by atoms with Crippen LogP contribution in [0.3, 0.4) is 0 Å². The van der Waals surface area contributed by atoms with Crippen molar-refractivity contribution in [3.63, 3.8) is 0 Å². The third-order valence-electron chi connectivity index (χ3n) is 3.75. The van der Waals surface area contributed by atoms with Gasteiger partial charge in [-0.05, 0) is 26.7 Å². The van der Waals surface area contributed by atoms with Crippen molar-refractivity contribution < 1.29 is 22.4 Å². The summed E-state index contributed by atoms with van der Waals surface area (Å²) in [5.41, 5.74) is 0. The number of nitrogens with zero attached hydrogens (tertiary/aromatic N) is 3. The molecule has 2 heterocycles. The van der Waals surface area contributed by atoms with Crippen LogP contribution in [0.4, 0.5) is 0 Å². The second-order valence-corrected chi connectivity index (χ2v) is 8.36. The first-order valence-corrected chi connectivity index (χ1v) is 9.34. The largest absolute Gasteiger partial charge is 0.376 e. The summed E-state index contributed by atoms with van der Waals surface area (Å²) in [6, 6.07) is 0. The van der Waals surface area contributed by atoms with Crippen molar-refractivity contribution in [2.24, 2.45) is 0 Å². The Bertz CT molecular complexity index is 587. The van der Waals surface area contributed by atoms with Crippen LogP contribution in [0.5, 0.6) is 0 Å². The molecule has 0 N–H and O–H groups in total. The molecule has 0 radical (unpaired) electrons. The van der Waals surface area contributed by atoms with Crippen LogP contribution in [0.15, 0.2) is 4.52 Å². The number of ether oxygens (including phenoxy) is 2. The standard InChI is InChI=1S/C14H25N3O5S/c1-11(2)23(18,19)17-7-4-5-12(9-17)21-8-6-13-15-14(10-20-3)22-16-13/h11-12H,4-10H2,1-3H3. The summed E-state index contributed by atoms with van der Waals surface area (Å²) in [6.45, 7) is 5.12. The number of piperidine rings is 1. The van der Waals surface area contributed by atoms with Crippen molar-refractivity contribution >= 4 is 10.0 Å². The van der Waals surface area contributed by atoms with Crippen molar-refractivity contribution in [2.75, 3.05) is 26.8 Å². The van der Waals surface area contributed by atoms with E-state index in [1.54, 1.807) is 21.0 Å². The Morgan fingerprint density at radius 2 is 2.22 bits per heavy atom. The van der Waals surface area contributed by atoms with Gasteiger partial charge < -0.3 is 14.0 Å². The lowest BCUT2D eigenvalue weighted by molar-refractivity contribution is 0.0197. The van der Waals surface area contributed by atoms with E-state index in [1.165, 1.54) is 4.31 Å². The zero-order valence-electron chi connectivity index (χ0n) is 13.9. The van der Waals surface area contributed by atoms with Gasteiger partial charge in [-0.1, -0.05) is 5.16 Å². The topological polar surface area (TPSA) is 94.8 Å². The SMILES string of the molecule is COCc1nc(CCOC2CCCN(S(=O)(=O)C(C)C)C2)no1. The van der Waals surface area contributed by atoms with Crippen molar-refractivity contribution in [3.05, 3.63) is 11.7 Å². The van der Waals surface area contributed by atoms with Crippen molar-refractivity contribution in [2.45, 2.75) is 51.1 Å². The molecule has 1 aromatic heterocycles. The van der Waals surface area contributed by atoms with E-state index in [0.717, 1.165) is 12.8 Å². The minimum atomic E-state index is -3.21. The Labute approximate surface area is 137 Å². The van der Waals surface area contributed by atoms with Crippen LogP contribution >= 0.6 is 0 Å². The van der Waals surface area contributed by atoms with Crippen LogP contribution in [0.25, 0.3) is 0 Å². The van der Waals surface area contributed by atoms with Gasteiger partial charge in [-0.25, -0.2) is 8.42 Å². The Kier molecular flexibility index (Phi) is 6.51. The second kappa shape index (κ2) is 8.18. The average Bonchev–Trinajstić information content (AvgIpc) is 2.95. The van der Waals surface area contributed by atoms with Gasteiger partial charge in [-0.2, -0.15) is 9.29 Å². The maximum absolute atomic E-state index is 12.2. The minimum Gasteiger partial charge on any atom is -0.376 e. The second-order valence-electron chi connectivity index (χ2n) is 5.87. The van der Waals surface area contributed by atoms with Crippen LogP contribution in [0.2, 0.25) is 0 Å². The first-order chi connectivity index (χ1) is 10.9. The molecule has 9 heteroatoms. The van der Waals surface area contributed by atoms with Crippen molar-refractivity contribution in [3.8, 4) is 0 Å². The van der Waals surface area contributed by atoms with E-state index >= 15 is 0 Å². The molecule has 0 saturated carbocycles. The summed E-state index contributed by atoms with van der Waals surface area (Å²) in [4.78, 5) is 4.17. The lowest BCUT2D eigenvalue weighted by Crippen LogP contribution is -2.45. The lowest BCUT2D eigenvalue weighted by atomic mass is 10.1. The predicted octanol–water partition coefficient (Wildman–Crippen LogP) is 0.978. The van der Waals surface area contributed by atoms with Gasteiger partial charge in [0.1, 0.15) is 6.61 Å². The van der Waals surface area contributed by atoms with Crippen LogP contribution < -0.4 is 0 Å². The highest BCUT2D eigenvalue weighted by atomic mass is 32.2. The monoisotopic (exact) mass is 347 g/mol. The van der Waals surface area contributed by atoms with E-state index < -0.39 is 15.3 Å². The Hall–Kier alpha value is -1.03. The minimum absolute atomic E-state index is 0.0809. The average molecular weight is 347 g/mol. The quantitative estimate of drug-likeness (QED) is 0.691. The molecule has 2 rings (SSSR count). The van der Waals surface area contributed by atoms with Crippen LogP contribution in [0.1, 0.15) is 38.4 Å². The summed E-state index contributed by atoms with van der Waals surface area (Å²) >= 11 is 0. The van der Waals surface area contributed by atoms with Crippen molar-refractivity contribution in [1.29, 1.82) is 0 Å². The van der Waals surface area contributed by atoms with Crippen molar-refractivity contribution in [1.82, 2.24) is 14.4 Å². The summed E-state index contributed by atoms with van der Waals surface area (Å²) < 4.78 is 41.7. The molecule has 1 aliphatic rings. The molecule has 1 aliphatic heterocycles. The molecule has 132 valence electrons. The van der Waals surface area contributed by atoms with Gasteiger partial charge in [0.05, 0.1) is 18.0 Å². The van der Waals surface area contributed by atoms with Gasteiger partial charge >= 0.3 is 0 Å². The fourth-order valence-electron chi connectivity index (χ4n) is 2.46. The third kappa shape index (κ3) is 4.97. The maximum Gasteiger partial charge on any atom is 0.252 e. The zero-order valence-corrected chi connectivity index (χ0v) is 14.7. The molecule has 1 unspecified atom stereocenters. The van der Waals surface area contributed by atoms with Gasteiger partial charge in [0.25, 0.3) is 5.89 Å². The van der Waals surface area contributed by atoms with Gasteiger partial charge in [0.15, 0.2) is 5.82 Å². The highest BCUT2D eigenvalue weighted by molar-refractivity contribution is 7.89. The number of rotatable bonds is 8. The van der Waals surface area contributed by atoms with Gasteiger partial charge in [0.2, 0.25) is 10.0 Å². The molecule has 8 nitrogen and oxygen atoms in total. The van der Waals surface area contributed by atoms with Crippen LogP contribution in [0, 0.1) is 0 Å². The molecule has 1 fully saturated rings. The molecule has 0 aromatic carbocycles. The predicted molar refractivity (Wildman–Crippen MR) is 83.3 cm³/mol. The lowest BCUT2D eigenvalue weighted by Gasteiger charge is -2.32. The first-order valence-electron chi connectivity index (χ1n) is 7.84. The summed E-state index contributed by atoms with van der Waals surface area (Å²) in [5, 5.41) is 3.44. The highest BCUT2D eigenvalue weighted by Crippen LogP contribution is 2.19. The van der Waals surface area contributed by atoms with Crippen LogP contribution in [-0.2, 0) is 32.5 Å². The zero-order chi connectivity index (χ0) is 16.9. The maximum atomic E-state index is 12.2. The normalized spacial score (nSPS) is 20.3. The number of hydrogen-bond donors (Lipinski definition) is 0. The fourth-order valence-corrected chi connectivity index (χ4v) is 3.81. The molecule has 1 saturated heterocycles. The molecule has 23 heavy (non-hydrogen) atoms. The Morgan fingerprint density at radius 1 is 1.43 bits per heavy atom. The fraction of sp³-hybridized carbons (Fsp3) is 0.857. The molecule has 0 bridgehead atoms. The first kappa shape index (κ1) is 18.3.